The first-order valence-electron chi connectivity index (χ1n) is 5.40. The van der Waals surface area contributed by atoms with Gasteiger partial charge in [-0.15, -0.1) is 0 Å². The summed E-state index contributed by atoms with van der Waals surface area (Å²) < 4.78 is 1.03. The summed E-state index contributed by atoms with van der Waals surface area (Å²) in [7, 11) is 1.94. The Kier molecular flexibility index (Phi) is 3.67. The minimum atomic E-state index is -0.909. The van der Waals surface area contributed by atoms with Crippen LogP contribution in [-0.2, 0) is 0 Å². The summed E-state index contributed by atoms with van der Waals surface area (Å²) in [6.07, 6.45) is 0. The molecule has 0 aliphatic heterocycles. The molecule has 18 heavy (non-hydrogen) atoms. The van der Waals surface area contributed by atoms with Gasteiger partial charge in [-0.05, 0) is 48.5 Å². The third-order valence-corrected chi connectivity index (χ3v) is 3.24. The predicted molar refractivity (Wildman–Crippen MR) is 75.6 cm³/mol. The molecular formula is C14H12BrNO2. The molecule has 0 spiro atoms. The molecule has 0 fully saturated rings. The van der Waals surface area contributed by atoms with E-state index in [2.05, 4.69) is 15.9 Å². The van der Waals surface area contributed by atoms with Crippen LogP contribution in [0.3, 0.4) is 0 Å². The van der Waals surface area contributed by atoms with E-state index in [1.807, 2.05) is 36.2 Å². The molecule has 0 unspecified atom stereocenters. The zero-order valence-electron chi connectivity index (χ0n) is 9.80. The van der Waals surface area contributed by atoms with Gasteiger partial charge in [0.15, 0.2) is 0 Å². The molecule has 3 nitrogen and oxygen atoms in total. The first kappa shape index (κ1) is 12.6. The monoisotopic (exact) mass is 305 g/mol. The Balaban J connectivity index is 2.25. The van der Waals surface area contributed by atoms with E-state index in [4.69, 9.17) is 5.11 Å². The molecule has 0 aliphatic rings. The fourth-order valence-corrected chi connectivity index (χ4v) is 1.91. The van der Waals surface area contributed by atoms with Crippen molar-refractivity contribution in [2.75, 3.05) is 11.9 Å². The Hall–Kier alpha value is -1.81. The predicted octanol–water partition coefficient (Wildman–Crippen LogP) is 3.92. The van der Waals surface area contributed by atoms with Crippen LogP contribution in [0.25, 0.3) is 0 Å². The third-order valence-electron chi connectivity index (χ3n) is 2.72. The summed E-state index contributed by atoms with van der Waals surface area (Å²) in [4.78, 5) is 12.8. The van der Waals surface area contributed by atoms with Crippen LogP contribution < -0.4 is 4.90 Å². The largest absolute Gasteiger partial charge is 0.478 e. The second-order valence-electron chi connectivity index (χ2n) is 3.89. The second-order valence-corrected chi connectivity index (χ2v) is 4.80. The van der Waals surface area contributed by atoms with Crippen molar-refractivity contribution < 1.29 is 9.90 Å². The number of carbonyl (C=O) groups is 1. The molecule has 92 valence electrons. The number of anilines is 2. The van der Waals surface area contributed by atoms with Gasteiger partial charge in [0.1, 0.15) is 0 Å². The number of hydrogen-bond acceptors (Lipinski definition) is 2. The van der Waals surface area contributed by atoms with Crippen molar-refractivity contribution in [1.29, 1.82) is 0 Å². The van der Waals surface area contributed by atoms with Gasteiger partial charge in [0.2, 0.25) is 0 Å². The summed E-state index contributed by atoms with van der Waals surface area (Å²) in [5.41, 5.74) is 2.28. The number of rotatable bonds is 3. The molecule has 0 amide bonds. The van der Waals surface area contributed by atoms with Crippen LogP contribution in [0.2, 0.25) is 0 Å². The van der Waals surface area contributed by atoms with Crippen molar-refractivity contribution in [1.82, 2.24) is 0 Å². The van der Waals surface area contributed by atoms with Crippen molar-refractivity contribution in [3.63, 3.8) is 0 Å². The van der Waals surface area contributed by atoms with Gasteiger partial charge in [0.05, 0.1) is 5.56 Å². The minimum absolute atomic E-state index is 0.294. The number of aromatic carboxylic acids is 1. The molecule has 2 rings (SSSR count). The minimum Gasteiger partial charge on any atom is -0.478 e. The van der Waals surface area contributed by atoms with E-state index in [0.717, 1.165) is 15.8 Å². The molecule has 0 saturated heterocycles. The second kappa shape index (κ2) is 5.23. The van der Waals surface area contributed by atoms with Crippen LogP contribution in [0.1, 0.15) is 10.4 Å². The summed E-state index contributed by atoms with van der Waals surface area (Å²) in [5.74, 6) is -0.909. The number of halogens is 1. The van der Waals surface area contributed by atoms with E-state index in [1.54, 1.807) is 24.3 Å². The van der Waals surface area contributed by atoms with Crippen LogP contribution in [0.4, 0.5) is 11.4 Å². The maximum absolute atomic E-state index is 10.8. The van der Waals surface area contributed by atoms with Gasteiger partial charge in [0, 0.05) is 22.9 Å². The van der Waals surface area contributed by atoms with E-state index < -0.39 is 5.97 Å². The van der Waals surface area contributed by atoms with Crippen molar-refractivity contribution in [3.8, 4) is 0 Å². The SMILES string of the molecule is CN(c1ccc(Br)cc1)c1ccc(C(=O)O)cc1. The average Bonchev–Trinajstić information content (AvgIpc) is 2.39. The Morgan fingerprint density at radius 2 is 1.44 bits per heavy atom. The van der Waals surface area contributed by atoms with Crippen LogP contribution in [0.15, 0.2) is 53.0 Å². The van der Waals surface area contributed by atoms with Crippen molar-refractivity contribution in [3.05, 3.63) is 58.6 Å². The molecule has 0 radical (unpaired) electrons. The number of nitrogens with zero attached hydrogens (tertiary/aromatic N) is 1. The summed E-state index contributed by atoms with van der Waals surface area (Å²) in [6.45, 7) is 0. The highest BCUT2D eigenvalue weighted by atomic mass is 79.9. The zero-order valence-corrected chi connectivity index (χ0v) is 11.4. The van der Waals surface area contributed by atoms with Crippen LogP contribution in [0, 0.1) is 0 Å². The highest BCUT2D eigenvalue weighted by Gasteiger charge is 2.06. The molecule has 0 bridgehead atoms. The van der Waals surface area contributed by atoms with E-state index in [9.17, 15) is 4.79 Å². The molecule has 0 atom stereocenters. The first-order chi connectivity index (χ1) is 8.58. The smallest absolute Gasteiger partial charge is 0.335 e. The standard InChI is InChI=1S/C14H12BrNO2/c1-16(13-8-4-11(15)5-9-13)12-6-2-10(3-7-12)14(17)18/h2-9H,1H3,(H,17,18). The fourth-order valence-electron chi connectivity index (χ4n) is 1.64. The summed E-state index contributed by atoms with van der Waals surface area (Å²) in [5, 5.41) is 8.84. The maximum Gasteiger partial charge on any atom is 0.335 e. The molecule has 0 aromatic heterocycles. The van der Waals surface area contributed by atoms with Crippen molar-refractivity contribution >= 4 is 33.3 Å². The lowest BCUT2D eigenvalue weighted by Crippen LogP contribution is -2.09. The Morgan fingerprint density at radius 3 is 1.89 bits per heavy atom. The number of carboxylic acid groups (broad SMARTS) is 1. The average molecular weight is 306 g/mol. The molecule has 0 aliphatic carbocycles. The van der Waals surface area contributed by atoms with Gasteiger partial charge in [-0.1, -0.05) is 15.9 Å². The normalized spacial score (nSPS) is 10.1. The van der Waals surface area contributed by atoms with Gasteiger partial charge in [-0.2, -0.15) is 0 Å². The fraction of sp³-hybridized carbons (Fsp3) is 0.0714. The Bertz CT molecular complexity index is 549. The Labute approximate surface area is 114 Å². The molecule has 2 aromatic carbocycles. The van der Waals surface area contributed by atoms with Gasteiger partial charge >= 0.3 is 5.97 Å². The van der Waals surface area contributed by atoms with E-state index in [1.165, 1.54) is 0 Å². The van der Waals surface area contributed by atoms with Gasteiger partial charge < -0.3 is 10.0 Å². The molecular weight excluding hydrogens is 294 g/mol. The van der Waals surface area contributed by atoms with Crippen LogP contribution in [-0.4, -0.2) is 18.1 Å². The maximum atomic E-state index is 10.8. The zero-order chi connectivity index (χ0) is 13.1. The van der Waals surface area contributed by atoms with Crippen LogP contribution in [0.5, 0.6) is 0 Å². The van der Waals surface area contributed by atoms with Gasteiger partial charge in [-0.3, -0.25) is 0 Å². The summed E-state index contributed by atoms with van der Waals surface area (Å²) in [6, 6.07) is 14.7. The molecule has 0 heterocycles. The van der Waals surface area contributed by atoms with Crippen molar-refractivity contribution in [2.24, 2.45) is 0 Å². The number of hydrogen-bond donors (Lipinski definition) is 1. The summed E-state index contributed by atoms with van der Waals surface area (Å²) >= 11 is 3.39. The van der Waals surface area contributed by atoms with Crippen LogP contribution >= 0.6 is 15.9 Å². The number of carboxylic acids is 1. The molecule has 1 N–H and O–H groups in total. The highest BCUT2D eigenvalue weighted by Crippen LogP contribution is 2.25. The number of benzene rings is 2. The molecule has 4 heteroatoms. The third kappa shape index (κ3) is 2.71. The van der Waals surface area contributed by atoms with Gasteiger partial charge in [0.25, 0.3) is 0 Å². The Morgan fingerprint density at radius 1 is 1.00 bits per heavy atom. The lowest BCUT2D eigenvalue weighted by molar-refractivity contribution is 0.0697. The van der Waals surface area contributed by atoms with E-state index in [-0.39, 0.29) is 0 Å². The lowest BCUT2D eigenvalue weighted by Gasteiger charge is -2.19. The highest BCUT2D eigenvalue weighted by molar-refractivity contribution is 9.10. The van der Waals surface area contributed by atoms with Gasteiger partial charge in [-0.25, -0.2) is 4.79 Å². The topological polar surface area (TPSA) is 40.5 Å². The first-order valence-corrected chi connectivity index (χ1v) is 6.20. The van der Waals surface area contributed by atoms with E-state index >= 15 is 0 Å². The lowest BCUT2D eigenvalue weighted by atomic mass is 10.2. The van der Waals surface area contributed by atoms with Crippen molar-refractivity contribution in [2.45, 2.75) is 0 Å². The molecule has 0 saturated carbocycles. The molecule has 2 aromatic rings. The quantitative estimate of drug-likeness (QED) is 0.934. The van der Waals surface area contributed by atoms with E-state index in [0.29, 0.717) is 5.56 Å².